The van der Waals surface area contributed by atoms with Crippen molar-refractivity contribution in [3.05, 3.63) is 17.6 Å². The third kappa shape index (κ3) is 19.2. The lowest BCUT2D eigenvalue weighted by atomic mass is 10.2. The van der Waals surface area contributed by atoms with Crippen molar-refractivity contribution in [2.45, 2.75) is 6.92 Å². The second-order valence-electron chi connectivity index (χ2n) is 1.48. The van der Waals surface area contributed by atoms with Crippen LogP contribution in [0, 0.1) is 10.8 Å². The average molecular weight is 133 g/mol. The molecule has 0 aromatic heterocycles. The Balaban J connectivity index is 0. The second kappa shape index (κ2) is 10.2. The van der Waals surface area contributed by atoms with Crippen LogP contribution in [-0.2, 0) is 0 Å². The Hall–Kier alpha value is -0.900. The summed E-state index contributed by atoms with van der Waals surface area (Å²) in [5, 5.41) is 16.2. The Kier molecular flexibility index (Phi) is 12.4. The van der Waals surface area contributed by atoms with Gasteiger partial charge in [-0.15, -0.1) is 11.5 Å². The molecule has 0 aliphatic heterocycles. The molecular formula is C5H11NO3. The van der Waals surface area contributed by atoms with E-state index in [-0.39, 0.29) is 12.5 Å². The van der Waals surface area contributed by atoms with Gasteiger partial charge in [0.1, 0.15) is 0 Å². The van der Waals surface area contributed by atoms with Crippen LogP contribution in [0.15, 0.2) is 18.0 Å². The lowest BCUT2D eigenvalue weighted by molar-refractivity contribution is 0.262. The van der Waals surface area contributed by atoms with E-state index in [0.717, 1.165) is 0 Å². The molecular weight excluding hydrogens is 122 g/mol. The van der Waals surface area contributed by atoms with Crippen LogP contribution >= 0.6 is 0 Å². The zero-order chi connectivity index (χ0) is 7.70. The lowest BCUT2D eigenvalue weighted by Crippen LogP contribution is -1.93. The topological polar surface area (TPSA) is 69.9 Å². The fourth-order valence-electron chi connectivity index (χ4n) is 0.0745. The fourth-order valence-corrected chi connectivity index (χ4v) is 0.0745. The molecule has 0 aliphatic carbocycles. The molecule has 0 fully saturated rings. The van der Waals surface area contributed by atoms with Gasteiger partial charge >= 0.3 is 0 Å². The van der Waals surface area contributed by atoms with Crippen LogP contribution in [0.1, 0.15) is 6.92 Å². The highest BCUT2D eigenvalue weighted by atomic mass is 16.6. The SMILES string of the molecule is C=CC(C)CO.O=NO. The van der Waals surface area contributed by atoms with Crippen LogP contribution in [0.2, 0.25) is 0 Å². The standard InChI is InChI=1S/C5H10O.HNO2/c1-3-5(2)4-6;2-1-3/h3,5-6H,1,4H2,2H3;(H,2,3). The van der Waals surface area contributed by atoms with Crippen LogP contribution in [0.3, 0.4) is 0 Å². The molecule has 0 aliphatic rings. The molecule has 1 atom stereocenters. The van der Waals surface area contributed by atoms with Crippen molar-refractivity contribution in [1.29, 1.82) is 0 Å². The van der Waals surface area contributed by atoms with E-state index >= 15 is 0 Å². The van der Waals surface area contributed by atoms with Gasteiger partial charge in [0.2, 0.25) is 0 Å². The summed E-state index contributed by atoms with van der Waals surface area (Å²) in [5.41, 5.74) is 0. The highest BCUT2D eigenvalue weighted by molar-refractivity contribution is 4.72. The number of hydrogen-bond donors (Lipinski definition) is 2. The normalized spacial score (nSPS) is 10.4. The summed E-state index contributed by atoms with van der Waals surface area (Å²) in [6.07, 6.45) is 1.72. The Morgan fingerprint density at radius 1 is 1.89 bits per heavy atom. The summed E-state index contributed by atoms with van der Waals surface area (Å²) in [5.74, 6) is 0.255. The highest BCUT2D eigenvalue weighted by Crippen LogP contribution is 1.89. The molecule has 1 unspecified atom stereocenters. The highest BCUT2D eigenvalue weighted by Gasteiger charge is 1.85. The fraction of sp³-hybridized carbons (Fsp3) is 0.600. The first-order chi connectivity index (χ1) is 4.22. The van der Waals surface area contributed by atoms with E-state index in [4.69, 9.17) is 15.2 Å². The maximum absolute atomic E-state index is 8.26. The van der Waals surface area contributed by atoms with Gasteiger partial charge in [-0.1, -0.05) is 13.0 Å². The van der Waals surface area contributed by atoms with Crippen molar-refractivity contribution in [3.63, 3.8) is 0 Å². The number of nitrogens with zero attached hydrogens (tertiary/aromatic N) is 1. The van der Waals surface area contributed by atoms with Gasteiger partial charge in [-0.2, -0.15) is 0 Å². The molecule has 0 saturated heterocycles. The first-order valence-electron chi connectivity index (χ1n) is 2.43. The zero-order valence-electron chi connectivity index (χ0n) is 5.32. The molecule has 0 aromatic carbocycles. The summed E-state index contributed by atoms with van der Waals surface area (Å²) in [7, 11) is 0. The average Bonchev–Trinajstić information content (AvgIpc) is 1.88. The largest absolute Gasteiger partial charge is 0.396 e. The van der Waals surface area contributed by atoms with E-state index in [1.807, 2.05) is 6.92 Å². The molecule has 0 heterocycles. The first kappa shape index (κ1) is 11.0. The molecule has 54 valence electrons. The van der Waals surface area contributed by atoms with E-state index in [1.165, 1.54) is 5.34 Å². The van der Waals surface area contributed by atoms with E-state index in [9.17, 15) is 0 Å². The first-order valence-corrected chi connectivity index (χ1v) is 2.43. The summed E-state index contributed by atoms with van der Waals surface area (Å²) in [6.45, 7) is 5.59. The number of rotatable bonds is 2. The monoisotopic (exact) mass is 133 g/mol. The quantitative estimate of drug-likeness (QED) is 0.334. The molecule has 0 saturated carbocycles. The minimum atomic E-state index is 0.212. The second-order valence-corrected chi connectivity index (χ2v) is 1.48. The van der Waals surface area contributed by atoms with E-state index in [0.29, 0.717) is 0 Å². The van der Waals surface area contributed by atoms with Crippen molar-refractivity contribution in [1.82, 2.24) is 0 Å². The Morgan fingerprint density at radius 3 is 2.22 bits per heavy atom. The molecule has 0 spiro atoms. The van der Waals surface area contributed by atoms with Crippen LogP contribution in [0.5, 0.6) is 0 Å². The molecule has 0 amide bonds. The smallest absolute Gasteiger partial charge is 0.152 e. The Morgan fingerprint density at radius 2 is 2.22 bits per heavy atom. The predicted molar refractivity (Wildman–Crippen MR) is 34.0 cm³/mol. The van der Waals surface area contributed by atoms with Gasteiger partial charge in [0, 0.05) is 6.61 Å². The third-order valence-corrected chi connectivity index (χ3v) is 0.690. The van der Waals surface area contributed by atoms with Gasteiger partial charge in [-0.25, -0.2) is 0 Å². The van der Waals surface area contributed by atoms with Gasteiger partial charge in [0.05, 0.1) is 0 Å². The van der Waals surface area contributed by atoms with Crippen molar-refractivity contribution in [2.75, 3.05) is 6.61 Å². The molecule has 0 rings (SSSR count). The molecule has 0 bridgehead atoms. The van der Waals surface area contributed by atoms with Gasteiger partial charge in [0.15, 0.2) is 5.34 Å². The van der Waals surface area contributed by atoms with Crippen molar-refractivity contribution >= 4 is 0 Å². The van der Waals surface area contributed by atoms with Crippen LogP contribution in [0.4, 0.5) is 0 Å². The lowest BCUT2D eigenvalue weighted by Gasteiger charge is -1.93. The minimum absolute atomic E-state index is 0.212. The van der Waals surface area contributed by atoms with Crippen LogP contribution in [-0.4, -0.2) is 16.9 Å². The Bertz CT molecular complexity index is 74.6. The van der Waals surface area contributed by atoms with Crippen molar-refractivity contribution in [2.24, 2.45) is 11.3 Å². The van der Waals surface area contributed by atoms with Crippen molar-refractivity contribution in [3.8, 4) is 0 Å². The van der Waals surface area contributed by atoms with Crippen LogP contribution < -0.4 is 0 Å². The van der Waals surface area contributed by atoms with E-state index in [2.05, 4.69) is 6.58 Å². The molecule has 4 heteroatoms. The van der Waals surface area contributed by atoms with Gasteiger partial charge < -0.3 is 10.3 Å². The van der Waals surface area contributed by atoms with E-state index in [1.54, 1.807) is 6.08 Å². The molecule has 9 heavy (non-hydrogen) atoms. The molecule has 4 nitrogen and oxygen atoms in total. The Labute approximate surface area is 53.8 Å². The van der Waals surface area contributed by atoms with Gasteiger partial charge in [-0.05, 0) is 5.92 Å². The summed E-state index contributed by atoms with van der Waals surface area (Å²) >= 11 is 0. The summed E-state index contributed by atoms with van der Waals surface area (Å²) in [6, 6.07) is 0. The maximum Gasteiger partial charge on any atom is 0.152 e. The molecule has 0 aromatic rings. The maximum atomic E-state index is 8.26. The van der Waals surface area contributed by atoms with Gasteiger partial charge in [-0.3, -0.25) is 0 Å². The summed E-state index contributed by atoms with van der Waals surface area (Å²) in [4.78, 5) is 8.11. The van der Waals surface area contributed by atoms with Crippen LogP contribution in [0.25, 0.3) is 0 Å². The minimum Gasteiger partial charge on any atom is -0.396 e. The zero-order valence-corrected chi connectivity index (χ0v) is 5.32. The number of aliphatic hydroxyl groups is 1. The number of aliphatic hydroxyl groups excluding tert-OH is 1. The predicted octanol–water partition coefficient (Wildman–Crippen LogP) is 0.943. The summed E-state index contributed by atoms with van der Waals surface area (Å²) < 4.78 is 0. The third-order valence-electron chi connectivity index (χ3n) is 0.690. The molecule has 0 radical (unpaired) electrons. The van der Waals surface area contributed by atoms with E-state index < -0.39 is 0 Å². The molecule has 2 N–H and O–H groups in total. The number of hydrogen-bond acceptors (Lipinski definition) is 3. The van der Waals surface area contributed by atoms with Crippen molar-refractivity contribution < 1.29 is 10.3 Å². The van der Waals surface area contributed by atoms with Gasteiger partial charge in [0.25, 0.3) is 0 Å².